The molecule has 0 bridgehead atoms. The molecule has 1 fully saturated rings. The van der Waals surface area contributed by atoms with Crippen LogP contribution in [-0.2, 0) is 6.42 Å². The van der Waals surface area contributed by atoms with E-state index in [0.29, 0.717) is 23.7 Å². The highest BCUT2D eigenvalue weighted by atomic mass is 16.2. The number of hydrogen-bond acceptors (Lipinski definition) is 3. The van der Waals surface area contributed by atoms with Crippen molar-refractivity contribution in [2.24, 2.45) is 5.92 Å². The molecule has 1 aliphatic rings. The highest BCUT2D eigenvalue weighted by Crippen LogP contribution is 2.27. The van der Waals surface area contributed by atoms with Gasteiger partial charge in [-0.1, -0.05) is 30.3 Å². The first kappa shape index (κ1) is 22.1. The molecular weight excluding hydrogens is 400 g/mol. The van der Waals surface area contributed by atoms with E-state index in [1.807, 2.05) is 49.0 Å². The van der Waals surface area contributed by atoms with Gasteiger partial charge in [0, 0.05) is 35.8 Å². The molecule has 32 heavy (non-hydrogen) atoms. The average molecular weight is 433 g/mol. The van der Waals surface area contributed by atoms with E-state index in [4.69, 9.17) is 0 Å². The van der Waals surface area contributed by atoms with Gasteiger partial charge in [-0.3, -0.25) is 14.5 Å². The third-order valence-electron chi connectivity index (χ3n) is 6.33. The molecule has 168 valence electrons. The minimum atomic E-state index is -0.145. The Hall–Kier alpha value is -3.12. The van der Waals surface area contributed by atoms with Crippen molar-refractivity contribution in [2.75, 3.05) is 33.9 Å². The van der Waals surface area contributed by atoms with Crippen molar-refractivity contribution in [2.45, 2.75) is 26.2 Å². The number of hydrogen-bond donors (Lipinski definition) is 2. The monoisotopic (exact) mass is 432 g/mol. The molecule has 0 radical (unpaired) electrons. The molecule has 2 heterocycles. The van der Waals surface area contributed by atoms with Crippen LogP contribution in [0.25, 0.3) is 10.9 Å². The van der Waals surface area contributed by atoms with Gasteiger partial charge in [-0.25, -0.2) is 0 Å². The van der Waals surface area contributed by atoms with Crippen LogP contribution in [0, 0.1) is 12.8 Å². The lowest BCUT2D eigenvalue weighted by molar-refractivity contribution is 0.0689. The maximum absolute atomic E-state index is 13.4. The number of amides is 2. The Morgan fingerprint density at radius 2 is 1.81 bits per heavy atom. The number of aromatic nitrogens is 1. The van der Waals surface area contributed by atoms with Crippen molar-refractivity contribution in [3.63, 3.8) is 0 Å². The first-order valence-corrected chi connectivity index (χ1v) is 11.3. The second-order valence-corrected chi connectivity index (χ2v) is 9.08. The lowest BCUT2D eigenvalue weighted by Gasteiger charge is -2.32. The summed E-state index contributed by atoms with van der Waals surface area (Å²) < 4.78 is 0. The number of nitrogens with one attached hydrogen (secondary N) is 2. The molecule has 1 aromatic heterocycles. The van der Waals surface area contributed by atoms with Gasteiger partial charge in [-0.05, 0) is 69.5 Å². The fourth-order valence-corrected chi connectivity index (χ4v) is 4.48. The summed E-state index contributed by atoms with van der Waals surface area (Å²) in [5.74, 6) is 0.527. The third kappa shape index (κ3) is 4.86. The van der Waals surface area contributed by atoms with Gasteiger partial charge in [0.25, 0.3) is 11.8 Å². The molecule has 1 aliphatic heterocycles. The minimum Gasteiger partial charge on any atom is -0.360 e. The molecule has 4 rings (SSSR count). The Kier molecular flexibility index (Phi) is 6.61. The van der Waals surface area contributed by atoms with Crippen LogP contribution >= 0.6 is 0 Å². The molecule has 3 aromatic rings. The second-order valence-electron chi connectivity index (χ2n) is 9.08. The molecule has 0 unspecified atom stereocenters. The fraction of sp³-hybridized carbons (Fsp3) is 0.385. The summed E-state index contributed by atoms with van der Waals surface area (Å²) in [6, 6.07) is 14.4. The van der Waals surface area contributed by atoms with E-state index in [0.717, 1.165) is 48.8 Å². The van der Waals surface area contributed by atoms with Crippen molar-refractivity contribution < 1.29 is 9.59 Å². The minimum absolute atomic E-state index is 0.0587. The number of likely N-dealkylation sites (tertiary alicyclic amines) is 1. The molecule has 6 nitrogen and oxygen atoms in total. The third-order valence-corrected chi connectivity index (χ3v) is 6.33. The number of aryl methyl sites for hydroxylation is 1. The number of rotatable bonds is 6. The van der Waals surface area contributed by atoms with Gasteiger partial charge in [0.1, 0.15) is 0 Å². The van der Waals surface area contributed by atoms with Crippen molar-refractivity contribution in [1.82, 2.24) is 20.1 Å². The Labute approximate surface area is 189 Å². The number of carbonyl (C=O) groups is 2. The van der Waals surface area contributed by atoms with Crippen LogP contribution in [0.3, 0.4) is 0 Å². The fourth-order valence-electron chi connectivity index (χ4n) is 4.48. The summed E-state index contributed by atoms with van der Waals surface area (Å²) in [7, 11) is 3.80. The zero-order valence-electron chi connectivity index (χ0n) is 19.1. The average Bonchev–Trinajstić information content (AvgIpc) is 3.20. The molecule has 1 saturated heterocycles. The van der Waals surface area contributed by atoms with Crippen molar-refractivity contribution in [1.29, 1.82) is 0 Å². The predicted octanol–water partition coefficient (Wildman–Crippen LogP) is 3.82. The molecule has 2 amide bonds. The Balaban J connectivity index is 1.47. The summed E-state index contributed by atoms with van der Waals surface area (Å²) in [5.41, 5.74) is 4.41. The van der Waals surface area contributed by atoms with Crippen molar-refractivity contribution in [3.8, 4) is 0 Å². The summed E-state index contributed by atoms with van der Waals surface area (Å²) in [4.78, 5) is 33.0. The van der Waals surface area contributed by atoms with Gasteiger partial charge in [0.15, 0.2) is 0 Å². The van der Waals surface area contributed by atoms with E-state index in [1.165, 1.54) is 5.56 Å². The summed E-state index contributed by atoms with van der Waals surface area (Å²) in [6.07, 6.45) is 4.83. The number of benzene rings is 2. The molecule has 6 heteroatoms. The molecular formula is C26H32N4O2. The van der Waals surface area contributed by atoms with E-state index in [2.05, 4.69) is 34.6 Å². The van der Waals surface area contributed by atoms with Crippen molar-refractivity contribution >= 4 is 22.7 Å². The molecule has 2 N–H and O–H groups in total. The SMILES string of the molecule is Cc1cc2[nH]cc(C(=O)NCN(C)C)c2cc1C(=O)N1CCC(Cc2ccccc2)CC1. The predicted molar refractivity (Wildman–Crippen MR) is 128 cm³/mol. The van der Waals surface area contributed by atoms with Gasteiger partial charge in [0.05, 0.1) is 12.2 Å². The topological polar surface area (TPSA) is 68.4 Å². The Bertz CT molecular complexity index is 1100. The maximum Gasteiger partial charge on any atom is 0.254 e. The Morgan fingerprint density at radius 3 is 2.50 bits per heavy atom. The van der Waals surface area contributed by atoms with Gasteiger partial charge in [-0.2, -0.15) is 0 Å². The second kappa shape index (κ2) is 9.57. The van der Waals surface area contributed by atoms with Crippen LogP contribution in [0.15, 0.2) is 48.7 Å². The zero-order chi connectivity index (χ0) is 22.7. The maximum atomic E-state index is 13.4. The molecule has 0 saturated carbocycles. The van der Waals surface area contributed by atoms with Gasteiger partial charge < -0.3 is 15.2 Å². The van der Waals surface area contributed by atoms with Gasteiger partial charge in [-0.15, -0.1) is 0 Å². The van der Waals surface area contributed by atoms with E-state index >= 15 is 0 Å². The van der Waals surface area contributed by atoms with Crippen LogP contribution in [0.1, 0.15) is 44.7 Å². The number of piperidine rings is 1. The first-order valence-electron chi connectivity index (χ1n) is 11.3. The molecule has 0 spiro atoms. The molecule has 0 aliphatic carbocycles. The smallest absolute Gasteiger partial charge is 0.254 e. The molecule has 2 aromatic carbocycles. The quantitative estimate of drug-likeness (QED) is 0.582. The number of aromatic amines is 1. The largest absolute Gasteiger partial charge is 0.360 e. The Morgan fingerprint density at radius 1 is 1.09 bits per heavy atom. The first-order chi connectivity index (χ1) is 15.4. The standard InChI is InChI=1S/C26H32N4O2/c1-18-13-24-22(23(16-27-24)25(31)28-17-29(2)3)15-21(18)26(32)30-11-9-20(10-12-30)14-19-7-5-4-6-8-19/h4-8,13,15-16,20,27H,9-12,14,17H2,1-3H3,(H,28,31). The number of fused-ring (bicyclic) bond motifs is 1. The lowest BCUT2D eigenvalue weighted by atomic mass is 9.90. The number of H-pyrrole nitrogens is 1. The van der Waals surface area contributed by atoms with Crippen LogP contribution in [-0.4, -0.2) is 60.5 Å². The molecule has 0 atom stereocenters. The van der Waals surface area contributed by atoms with E-state index < -0.39 is 0 Å². The van der Waals surface area contributed by atoms with Crippen LogP contribution in [0.2, 0.25) is 0 Å². The van der Waals surface area contributed by atoms with E-state index in [9.17, 15) is 9.59 Å². The highest BCUT2D eigenvalue weighted by molar-refractivity contribution is 6.09. The van der Waals surface area contributed by atoms with E-state index in [1.54, 1.807) is 6.20 Å². The number of carbonyl (C=O) groups excluding carboxylic acids is 2. The number of nitrogens with zero attached hydrogens (tertiary/aromatic N) is 2. The van der Waals surface area contributed by atoms with Crippen LogP contribution < -0.4 is 5.32 Å². The van der Waals surface area contributed by atoms with Gasteiger partial charge in [0.2, 0.25) is 0 Å². The van der Waals surface area contributed by atoms with Crippen LogP contribution in [0.4, 0.5) is 0 Å². The normalized spacial score (nSPS) is 14.8. The highest BCUT2D eigenvalue weighted by Gasteiger charge is 2.25. The van der Waals surface area contributed by atoms with E-state index in [-0.39, 0.29) is 11.8 Å². The van der Waals surface area contributed by atoms with Crippen LogP contribution in [0.5, 0.6) is 0 Å². The summed E-state index contributed by atoms with van der Waals surface area (Å²) in [6.45, 7) is 3.97. The van der Waals surface area contributed by atoms with Gasteiger partial charge >= 0.3 is 0 Å². The van der Waals surface area contributed by atoms with Crippen molar-refractivity contribution in [3.05, 3.63) is 70.9 Å². The summed E-state index contributed by atoms with van der Waals surface area (Å²) in [5, 5.41) is 3.69. The zero-order valence-corrected chi connectivity index (χ0v) is 19.1. The lowest BCUT2D eigenvalue weighted by Crippen LogP contribution is -2.39. The summed E-state index contributed by atoms with van der Waals surface area (Å²) >= 11 is 0.